The first-order valence-electron chi connectivity index (χ1n) is 10.5. The van der Waals surface area contributed by atoms with Crippen molar-refractivity contribution in [1.29, 1.82) is 0 Å². The Bertz CT molecular complexity index is 1400. The molecule has 0 atom stereocenters. The van der Waals surface area contributed by atoms with E-state index in [-0.39, 0.29) is 5.75 Å². The maximum atomic E-state index is 9.79. The van der Waals surface area contributed by atoms with Gasteiger partial charge in [0.15, 0.2) is 11.6 Å². The summed E-state index contributed by atoms with van der Waals surface area (Å²) in [6.45, 7) is 2.03. The first kappa shape index (κ1) is 17.9. The number of pyridine rings is 2. The number of nitrogens with one attached hydrogen (secondary N) is 2. The lowest BCUT2D eigenvalue weighted by Gasteiger charge is -2.27. The summed E-state index contributed by atoms with van der Waals surface area (Å²) in [4.78, 5) is 19.4. The molecule has 0 unspecified atom stereocenters. The van der Waals surface area contributed by atoms with Gasteiger partial charge in [-0.1, -0.05) is 6.07 Å². The van der Waals surface area contributed by atoms with Gasteiger partial charge in [0.2, 0.25) is 0 Å². The molecule has 0 spiro atoms. The van der Waals surface area contributed by atoms with Gasteiger partial charge in [-0.25, -0.2) is 9.97 Å². The molecule has 3 N–H and O–H groups in total. The topological polar surface area (TPSA) is 107 Å². The molecule has 8 heteroatoms. The minimum absolute atomic E-state index is 0.139. The second-order valence-electron chi connectivity index (χ2n) is 7.93. The van der Waals surface area contributed by atoms with Crippen LogP contribution in [0.3, 0.4) is 0 Å². The number of nitrogens with zero attached hydrogens (tertiary/aromatic N) is 5. The number of imidazole rings is 1. The second kappa shape index (κ2) is 7.09. The summed E-state index contributed by atoms with van der Waals surface area (Å²) in [7, 11) is 0. The fraction of sp³-hybridized carbons (Fsp3) is 0.217. The number of piperidine rings is 1. The van der Waals surface area contributed by atoms with E-state index < -0.39 is 0 Å². The number of hydrogen-bond donors (Lipinski definition) is 3. The molecule has 1 aliphatic heterocycles. The Labute approximate surface area is 178 Å². The van der Waals surface area contributed by atoms with Gasteiger partial charge in [0, 0.05) is 36.4 Å². The standard InChI is InChI=1S/C23H21N7O/c31-16-10-15(12-24-13-16)14-4-5-18-17(11-14)20(29-28-18)22-26-19-6-7-25-23(21(19)27-22)30-8-2-1-3-9-30/h4-7,10-13,31H,1-3,8-9H2,(H,26,27)(H,28,29). The van der Waals surface area contributed by atoms with Crippen molar-refractivity contribution in [2.75, 3.05) is 18.0 Å². The molecule has 0 bridgehead atoms. The van der Waals surface area contributed by atoms with Gasteiger partial charge in [-0.15, -0.1) is 0 Å². The molecule has 6 rings (SSSR count). The number of aromatic amines is 2. The summed E-state index contributed by atoms with van der Waals surface area (Å²) in [6.07, 6.45) is 8.64. The fourth-order valence-electron chi connectivity index (χ4n) is 4.33. The zero-order valence-corrected chi connectivity index (χ0v) is 16.8. The Morgan fingerprint density at radius 1 is 0.935 bits per heavy atom. The summed E-state index contributed by atoms with van der Waals surface area (Å²) in [6, 6.07) is 9.66. The molecular formula is C23H21N7O. The molecule has 1 saturated heterocycles. The highest BCUT2D eigenvalue weighted by molar-refractivity contribution is 5.97. The highest BCUT2D eigenvalue weighted by Gasteiger charge is 2.19. The van der Waals surface area contributed by atoms with Gasteiger partial charge in [0.25, 0.3) is 0 Å². The molecule has 8 nitrogen and oxygen atoms in total. The van der Waals surface area contributed by atoms with Gasteiger partial charge in [-0.3, -0.25) is 10.1 Å². The highest BCUT2D eigenvalue weighted by Crippen LogP contribution is 2.32. The molecule has 5 aromatic rings. The van der Waals surface area contributed by atoms with Gasteiger partial charge in [-0.2, -0.15) is 5.10 Å². The number of aromatic hydroxyl groups is 1. The van der Waals surface area contributed by atoms with Gasteiger partial charge in [0.05, 0.1) is 17.2 Å². The normalized spacial score (nSPS) is 14.5. The smallest absolute Gasteiger partial charge is 0.159 e. The van der Waals surface area contributed by atoms with Crippen molar-refractivity contribution >= 4 is 27.8 Å². The van der Waals surface area contributed by atoms with Crippen LogP contribution >= 0.6 is 0 Å². The summed E-state index contributed by atoms with van der Waals surface area (Å²) in [5, 5.41) is 18.4. The van der Waals surface area contributed by atoms with Crippen molar-refractivity contribution in [2.45, 2.75) is 19.3 Å². The van der Waals surface area contributed by atoms with Crippen LogP contribution in [-0.2, 0) is 0 Å². The molecule has 0 amide bonds. The van der Waals surface area contributed by atoms with Crippen molar-refractivity contribution in [3.8, 4) is 28.4 Å². The maximum absolute atomic E-state index is 9.79. The molecule has 0 aliphatic carbocycles. The Kier molecular flexibility index (Phi) is 4.09. The van der Waals surface area contributed by atoms with E-state index in [9.17, 15) is 5.11 Å². The van der Waals surface area contributed by atoms with Crippen molar-refractivity contribution in [3.63, 3.8) is 0 Å². The lowest BCUT2D eigenvalue weighted by molar-refractivity contribution is 0.473. The predicted octanol–water partition coefficient (Wildman–Crippen LogP) is 4.26. The first-order chi connectivity index (χ1) is 15.3. The van der Waals surface area contributed by atoms with Crippen LogP contribution in [0.25, 0.3) is 44.6 Å². The largest absolute Gasteiger partial charge is 0.506 e. The number of benzene rings is 1. The third kappa shape index (κ3) is 3.07. The summed E-state index contributed by atoms with van der Waals surface area (Å²) in [5.74, 6) is 1.78. The third-order valence-corrected chi connectivity index (χ3v) is 5.88. The molecule has 4 aromatic heterocycles. The monoisotopic (exact) mass is 411 g/mol. The first-order valence-corrected chi connectivity index (χ1v) is 10.5. The van der Waals surface area contributed by atoms with Crippen LogP contribution in [0, 0.1) is 0 Å². The molecule has 0 radical (unpaired) electrons. The number of rotatable bonds is 3. The average Bonchev–Trinajstić information content (AvgIpc) is 3.43. The van der Waals surface area contributed by atoms with Gasteiger partial charge >= 0.3 is 0 Å². The van der Waals surface area contributed by atoms with E-state index in [4.69, 9.17) is 4.98 Å². The number of aromatic nitrogens is 6. The lowest BCUT2D eigenvalue weighted by atomic mass is 10.0. The molecule has 31 heavy (non-hydrogen) atoms. The fourth-order valence-corrected chi connectivity index (χ4v) is 4.33. The number of anilines is 1. The zero-order chi connectivity index (χ0) is 20.8. The van der Waals surface area contributed by atoms with Crippen LogP contribution < -0.4 is 4.90 Å². The van der Waals surface area contributed by atoms with Crippen molar-refractivity contribution in [3.05, 3.63) is 48.9 Å². The number of fused-ring (bicyclic) bond motifs is 2. The molecule has 154 valence electrons. The molecule has 0 saturated carbocycles. The third-order valence-electron chi connectivity index (χ3n) is 5.88. The Morgan fingerprint density at radius 2 is 1.84 bits per heavy atom. The van der Waals surface area contributed by atoms with Gasteiger partial charge in [-0.05, 0) is 49.1 Å². The minimum atomic E-state index is 0.139. The van der Waals surface area contributed by atoms with Crippen LogP contribution in [0.1, 0.15) is 19.3 Å². The lowest BCUT2D eigenvalue weighted by Crippen LogP contribution is -2.30. The van der Waals surface area contributed by atoms with Crippen molar-refractivity contribution in [1.82, 2.24) is 30.1 Å². The SMILES string of the molecule is Oc1cncc(-c2ccc3[nH]nc(-c4nc5c(N6CCCCC6)nccc5[nH]4)c3c2)c1. The van der Waals surface area contributed by atoms with Crippen LogP contribution in [-0.4, -0.2) is 48.3 Å². The van der Waals surface area contributed by atoms with E-state index in [1.807, 2.05) is 30.5 Å². The van der Waals surface area contributed by atoms with E-state index in [0.29, 0.717) is 5.82 Å². The minimum Gasteiger partial charge on any atom is -0.506 e. The quantitative estimate of drug-likeness (QED) is 0.410. The van der Waals surface area contributed by atoms with Crippen LogP contribution in [0.4, 0.5) is 5.82 Å². The van der Waals surface area contributed by atoms with Gasteiger partial charge < -0.3 is 15.0 Å². The molecule has 1 aromatic carbocycles. The van der Waals surface area contributed by atoms with E-state index in [1.165, 1.54) is 25.5 Å². The van der Waals surface area contributed by atoms with Crippen LogP contribution in [0.2, 0.25) is 0 Å². The van der Waals surface area contributed by atoms with Crippen LogP contribution in [0.5, 0.6) is 5.75 Å². The van der Waals surface area contributed by atoms with E-state index >= 15 is 0 Å². The van der Waals surface area contributed by atoms with Crippen molar-refractivity contribution < 1.29 is 5.11 Å². The number of H-pyrrole nitrogens is 2. The molecule has 1 aliphatic rings. The van der Waals surface area contributed by atoms with Crippen LogP contribution in [0.15, 0.2) is 48.9 Å². The summed E-state index contributed by atoms with van der Waals surface area (Å²) >= 11 is 0. The zero-order valence-electron chi connectivity index (χ0n) is 16.8. The Balaban J connectivity index is 1.46. The van der Waals surface area contributed by atoms with E-state index in [0.717, 1.165) is 57.7 Å². The number of hydrogen-bond acceptors (Lipinski definition) is 6. The predicted molar refractivity (Wildman–Crippen MR) is 120 cm³/mol. The maximum Gasteiger partial charge on any atom is 0.159 e. The Morgan fingerprint density at radius 3 is 2.71 bits per heavy atom. The van der Waals surface area contributed by atoms with Gasteiger partial charge in [0.1, 0.15) is 17.0 Å². The highest BCUT2D eigenvalue weighted by atomic mass is 16.3. The summed E-state index contributed by atoms with van der Waals surface area (Å²) in [5.41, 5.74) is 5.30. The average molecular weight is 411 g/mol. The molecule has 1 fully saturated rings. The van der Waals surface area contributed by atoms with Crippen molar-refractivity contribution in [2.24, 2.45) is 0 Å². The van der Waals surface area contributed by atoms with E-state index in [2.05, 4.69) is 30.0 Å². The van der Waals surface area contributed by atoms with E-state index in [1.54, 1.807) is 12.3 Å². The molecular weight excluding hydrogens is 390 g/mol. The summed E-state index contributed by atoms with van der Waals surface area (Å²) < 4.78 is 0. The molecule has 5 heterocycles. The Hall–Kier alpha value is -3.94. The second-order valence-corrected chi connectivity index (χ2v) is 7.93.